The molecule has 1 saturated heterocycles. The van der Waals surface area contributed by atoms with Crippen LogP contribution in [0.15, 0.2) is 42.7 Å². The van der Waals surface area contributed by atoms with Crippen molar-refractivity contribution < 1.29 is 9.59 Å². The molecule has 1 aromatic heterocycles. The van der Waals surface area contributed by atoms with E-state index in [-0.39, 0.29) is 23.3 Å². The van der Waals surface area contributed by atoms with Crippen molar-refractivity contribution in [3.8, 4) is 6.07 Å². The number of urea groups is 1. The van der Waals surface area contributed by atoms with Crippen LogP contribution in [0.2, 0.25) is 0 Å². The molecule has 1 aliphatic rings. The van der Waals surface area contributed by atoms with Crippen LogP contribution in [0, 0.1) is 17.2 Å². The first kappa shape index (κ1) is 24.2. The summed E-state index contributed by atoms with van der Waals surface area (Å²) in [5.41, 5.74) is 0.616. The van der Waals surface area contributed by atoms with Gasteiger partial charge in [-0.15, -0.1) is 0 Å². The highest BCUT2D eigenvalue weighted by molar-refractivity contribution is 6.02. The predicted octanol–water partition coefficient (Wildman–Crippen LogP) is 3.60. The zero-order valence-electron chi connectivity index (χ0n) is 20.0. The molecule has 8 nitrogen and oxygen atoms in total. The summed E-state index contributed by atoms with van der Waals surface area (Å²) < 4.78 is 0. The summed E-state index contributed by atoms with van der Waals surface area (Å²) in [4.78, 5) is 41.2. The van der Waals surface area contributed by atoms with Crippen LogP contribution in [-0.4, -0.2) is 69.8 Å². The summed E-state index contributed by atoms with van der Waals surface area (Å²) >= 11 is 0. The van der Waals surface area contributed by atoms with E-state index in [1.807, 2.05) is 18.7 Å². The van der Waals surface area contributed by atoms with Gasteiger partial charge in [-0.2, -0.15) is 5.26 Å². The molecule has 8 heteroatoms. The highest BCUT2D eigenvalue weighted by atomic mass is 16.2. The lowest BCUT2D eigenvalue weighted by molar-refractivity contribution is 0.0781. The number of Topliss-reactive ketones (excluding diaryl/α,β-unsaturated/α-hetero) is 1. The van der Waals surface area contributed by atoms with Gasteiger partial charge in [-0.3, -0.25) is 4.79 Å². The van der Waals surface area contributed by atoms with Gasteiger partial charge >= 0.3 is 6.03 Å². The molecule has 2 aromatic rings. The van der Waals surface area contributed by atoms with Crippen LogP contribution in [-0.2, 0) is 0 Å². The number of rotatable bonds is 5. The first-order valence-corrected chi connectivity index (χ1v) is 11.3. The zero-order valence-corrected chi connectivity index (χ0v) is 20.0. The standard InChI is InChI=1S/C25H32N6O2/c1-18(2)21(22(32)20-10-8-19(16-26)9-11-20)29(5)24(33)30-14-7-15-31(25(3,4)17-30)23-27-12-6-13-28-23/h6,8-13,18,21H,7,14-15,17H2,1-5H3. The van der Waals surface area contributed by atoms with Gasteiger partial charge in [0.25, 0.3) is 0 Å². The van der Waals surface area contributed by atoms with Gasteiger partial charge in [0.2, 0.25) is 5.95 Å². The Kier molecular flexibility index (Phi) is 7.32. The monoisotopic (exact) mass is 448 g/mol. The fraction of sp³-hybridized carbons (Fsp3) is 0.480. The SMILES string of the molecule is CC(C)C(C(=O)c1ccc(C#N)cc1)N(C)C(=O)N1CCCN(c2ncccn2)C(C)(C)C1. The smallest absolute Gasteiger partial charge is 0.320 e. The molecule has 0 bridgehead atoms. The fourth-order valence-corrected chi connectivity index (χ4v) is 4.47. The summed E-state index contributed by atoms with van der Waals surface area (Å²) in [7, 11) is 1.70. The number of nitriles is 1. The minimum Gasteiger partial charge on any atom is -0.334 e. The van der Waals surface area contributed by atoms with Gasteiger partial charge < -0.3 is 14.7 Å². The number of anilines is 1. The van der Waals surface area contributed by atoms with Gasteiger partial charge in [0.05, 0.1) is 23.2 Å². The molecule has 2 heterocycles. The molecule has 1 atom stereocenters. The maximum atomic E-state index is 13.6. The number of carbonyl (C=O) groups excluding carboxylic acids is 2. The molecule has 1 fully saturated rings. The van der Waals surface area contributed by atoms with Crippen LogP contribution >= 0.6 is 0 Å². The molecule has 33 heavy (non-hydrogen) atoms. The van der Waals surface area contributed by atoms with Crippen molar-refractivity contribution >= 4 is 17.8 Å². The van der Waals surface area contributed by atoms with E-state index in [9.17, 15) is 9.59 Å². The van der Waals surface area contributed by atoms with E-state index >= 15 is 0 Å². The Bertz CT molecular complexity index is 1010. The van der Waals surface area contributed by atoms with E-state index in [1.165, 1.54) is 0 Å². The summed E-state index contributed by atoms with van der Waals surface area (Å²) in [6.45, 7) is 9.86. The number of nitrogens with zero attached hydrogens (tertiary/aromatic N) is 6. The van der Waals surface area contributed by atoms with Crippen LogP contribution in [0.3, 0.4) is 0 Å². The van der Waals surface area contributed by atoms with Crippen molar-refractivity contribution in [1.82, 2.24) is 19.8 Å². The van der Waals surface area contributed by atoms with Crippen LogP contribution in [0.25, 0.3) is 0 Å². The lowest BCUT2D eigenvalue weighted by atomic mass is 9.93. The molecule has 1 aromatic carbocycles. The number of ketones is 1. The Morgan fingerprint density at radius 3 is 2.33 bits per heavy atom. The van der Waals surface area contributed by atoms with Crippen molar-refractivity contribution in [2.75, 3.05) is 31.6 Å². The molecule has 0 aliphatic carbocycles. The second-order valence-corrected chi connectivity index (χ2v) is 9.42. The Labute approximate surface area is 195 Å². The molecule has 2 amide bonds. The maximum Gasteiger partial charge on any atom is 0.320 e. The van der Waals surface area contributed by atoms with Crippen molar-refractivity contribution in [3.05, 3.63) is 53.9 Å². The summed E-state index contributed by atoms with van der Waals surface area (Å²) in [5.74, 6) is 0.455. The quantitative estimate of drug-likeness (QED) is 0.649. The van der Waals surface area contributed by atoms with Crippen LogP contribution in [0.1, 0.15) is 50.0 Å². The van der Waals surface area contributed by atoms with E-state index in [2.05, 4.69) is 34.8 Å². The number of hydrogen-bond acceptors (Lipinski definition) is 6. The molecule has 0 radical (unpaired) electrons. The Hall–Kier alpha value is -3.47. The zero-order chi connectivity index (χ0) is 24.2. The molecule has 1 unspecified atom stereocenters. The molecule has 0 N–H and O–H groups in total. The molecule has 1 aliphatic heterocycles. The van der Waals surface area contributed by atoms with Gasteiger partial charge in [0, 0.05) is 44.6 Å². The number of likely N-dealkylation sites (N-methyl/N-ethyl adjacent to an activating group) is 1. The summed E-state index contributed by atoms with van der Waals surface area (Å²) in [6, 6.07) is 9.64. The minimum absolute atomic E-state index is 0.0729. The Balaban J connectivity index is 1.80. The van der Waals surface area contributed by atoms with E-state index in [0.29, 0.717) is 30.2 Å². The number of amides is 2. The average Bonchev–Trinajstić information content (AvgIpc) is 2.96. The van der Waals surface area contributed by atoms with Gasteiger partial charge in [0.15, 0.2) is 5.78 Å². The molecule has 174 valence electrons. The van der Waals surface area contributed by atoms with Crippen LogP contribution in [0.5, 0.6) is 0 Å². The third-order valence-corrected chi connectivity index (χ3v) is 6.10. The van der Waals surface area contributed by atoms with Gasteiger partial charge in [-0.1, -0.05) is 26.0 Å². The lowest BCUT2D eigenvalue weighted by Crippen LogP contribution is -2.56. The van der Waals surface area contributed by atoms with Gasteiger partial charge in [-0.05, 0) is 44.4 Å². The van der Waals surface area contributed by atoms with Crippen LogP contribution < -0.4 is 4.90 Å². The molecule has 0 spiro atoms. The number of benzene rings is 1. The third kappa shape index (κ3) is 5.30. The molecular formula is C25H32N6O2. The Morgan fingerprint density at radius 2 is 1.76 bits per heavy atom. The third-order valence-electron chi connectivity index (χ3n) is 6.10. The van der Waals surface area contributed by atoms with E-state index in [1.54, 1.807) is 54.7 Å². The van der Waals surface area contributed by atoms with E-state index < -0.39 is 6.04 Å². The maximum absolute atomic E-state index is 13.6. The minimum atomic E-state index is -0.606. The highest BCUT2D eigenvalue weighted by Gasteiger charge is 2.38. The first-order valence-electron chi connectivity index (χ1n) is 11.3. The highest BCUT2D eigenvalue weighted by Crippen LogP contribution is 2.26. The topological polar surface area (TPSA) is 93.4 Å². The van der Waals surface area contributed by atoms with Crippen LogP contribution in [0.4, 0.5) is 10.7 Å². The second kappa shape index (κ2) is 9.99. The second-order valence-electron chi connectivity index (χ2n) is 9.42. The number of hydrogen-bond donors (Lipinski definition) is 0. The van der Waals surface area contributed by atoms with E-state index in [4.69, 9.17) is 5.26 Å². The molecule has 3 rings (SSSR count). The van der Waals surface area contributed by atoms with Gasteiger partial charge in [0.1, 0.15) is 0 Å². The van der Waals surface area contributed by atoms with E-state index in [0.717, 1.165) is 13.0 Å². The largest absolute Gasteiger partial charge is 0.334 e. The van der Waals surface area contributed by atoms with Crippen molar-refractivity contribution in [2.45, 2.75) is 45.7 Å². The predicted molar refractivity (Wildman–Crippen MR) is 127 cm³/mol. The normalized spacial score (nSPS) is 16.6. The van der Waals surface area contributed by atoms with Crippen molar-refractivity contribution in [3.63, 3.8) is 0 Å². The number of carbonyl (C=O) groups is 2. The average molecular weight is 449 g/mol. The van der Waals surface area contributed by atoms with Crippen molar-refractivity contribution in [1.29, 1.82) is 5.26 Å². The van der Waals surface area contributed by atoms with Crippen molar-refractivity contribution in [2.24, 2.45) is 5.92 Å². The summed E-state index contributed by atoms with van der Waals surface area (Å²) in [5, 5.41) is 9.02. The molecule has 0 saturated carbocycles. The lowest BCUT2D eigenvalue weighted by Gasteiger charge is -2.40. The fourth-order valence-electron chi connectivity index (χ4n) is 4.47. The summed E-state index contributed by atoms with van der Waals surface area (Å²) in [6.07, 6.45) is 4.22. The number of aromatic nitrogens is 2. The Morgan fingerprint density at radius 1 is 1.12 bits per heavy atom. The van der Waals surface area contributed by atoms with Gasteiger partial charge in [-0.25, -0.2) is 14.8 Å². The molecular weight excluding hydrogens is 416 g/mol. The first-order chi connectivity index (χ1) is 15.7.